The van der Waals surface area contributed by atoms with Gasteiger partial charge in [0.05, 0.1) is 18.1 Å². The van der Waals surface area contributed by atoms with Gasteiger partial charge in [-0.15, -0.1) is 0 Å². The summed E-state index contributed by atoms with van der Waals surface area (Å²) in [5.41, 5.74) is 0.695. The van der Waals surface area contributed by atoms with Crippen LogP contribution in [-0.2, 0) is 12.5 Å². The van der Waals surface area contributed by atoms with Crippen LogP contribution in [-0.4, -0.2) is 9.55 Å². The molecule has 0 amide bonds. The highest BCUT2D eigenvalue weighted by Gasteiger charge is 2.40. The van der Waals surface area contributed by atoms with Gasteiger partial charge in [0.25, 0.3) is 0 Å². The van der Waals surface area contributed by atoms with E-state index in [0.29, 0.717) is 0 Å². The summed E-state index contributed by atoms with van der Waals surface area (Å²) in [7, 11) is 1.93. The molecule has 1 aromatic heterocycles. The van der Waals surface area contributed by atoms with Crippen molar-refractivity contribution in [1.82, 2.24) is 9.55 Å². The minimum atomic E-state index is -0.249. The normalized spacial score (nSPS) is 19.7. The van der Waals surface area contributed by atoms with Gasteiger partial charge in [0.15, 0.2) is 0 Å². The molecule has 0 saturated heterocycles. The number of hydrogen-bond acceptors (Lipinski definition) is 2. The topological polar surface area (TPSA) is 41.6 Å². The second kappa shape index (κ2) is 2.34. The lowest BCUT2D eigenvalue weighted by molar-refractivity contribution is 0.317. The van der Waals surface area contributed by atoms with Gasteiger partial charge >= 0.3 is 0 Å². The molecule has 62 valence electrons. The summed E-state index contributed by atoms with van der Waals surface area (Å²) < 4.78 is 1.90. The summed E-state index contributed by atoms with van der Waals surface area (Å²) in [6.07, 6.45) is 6.81. The van der Waals surface area contributed by atoms with Gasteiger partial charge in [0, 0.05) is 13.2 Å². The van der Waals surface area contributed by atoms with Crippen LogP contribution in [0.2, 0.25) is 0 Å². The van der Waals surface area contributed by atoms with Crippen LogP contribution in [0.15, 0.2) is 12.5 Å². The van der Waals surface area contributed by atoms with Crippen LogP contribution in [0.3, 0.4) is 0 Å². The summed E-state index contributed by atoms with van der Waals surface area (Å²) >= 11 is 0. The Labute approximate surface area is 71.6 Å². The Kier molecular flexibility index (Phi) is 1.44. The van der Waals surface area contributed by atoms with E-state index in [2.05, 4.69) is 11.1 Å². The third-order valence-corrected chi connectivity index (χ3v) is 2.62. The fourth-order valence-corrected chi connectivity index (χ4v) is 1.62. The molecule has 1 aliphatic rings. The Bertz CT molecular complexity index is 328. The standard InChI is InChI=1S/C9H11N3/c1-12-5-8(11-7-12)9(6-10)3-2-4-9/h5,7H,2-4H2,1H3. The lowest BCUT2D eigenvalue weighted by Gasteiger charge is -2.33. The van der Waals surface area contributed by atoms with Crippen molar-refractivity contribution in [2.75, 3.05) is 0 Å². The average Bonchev–Trinajstić information content (AvgIpc) is 2.35. The van der Waals surface area contributed by atoms with E-state index in [1.807, 2.05) is 17.8 Å². The van der Waals surface area contributed by atoms with Crippen LogP contribution >= 0.6 is 0 Å². The van der Waals surface area contributed by atoms with Crippen molar-refractivity contribution < 1.29 is 0 Å². The van der Waals surface area contributed by atoms with Gasteiger partial charge in [-0.2, -0.15) is 5.26 Å². The molecule has 0 N–H and O–H groups in total. The van der Waals surface area contributed by atoms with Gasteiger partial charge < -0.3 is 4.57 Å². The summed E-state index contributed by atoms with van der Waals surface area (Å²) in [5.74, 6) is 0. The second-order valence-corrected chi connectivity index (χ2v) is 3.47. The van der Waals surface area contributed by atoms with Crippen LogP contribution in [0, 0.1) is 11.3 Å². The quantitative estimate of drug-likeness (QED) is 0.624. The van der Waals surface area contributed by atoms with E-state index >= 15 is 0 Å². The van der Waals surface area contributed by atoms with Crippen molar-refractivity contribution in [3.8, 4) is 6.07 Å². The maximum atomic E-state index is 9.00. The predicted molar refractivity (Wildman–Crippen MR) is 44.4 cm³/mol. The van der Waals surface area contributed by atoms with E-state index in [9.17, 15) is 0 Å². The van der Waals surface area contributed by atoms with Crippen molar-refractivity contribution >= 4 is 0 Å². The molecule has 1 aromatic rings. The SMILES string of the molecule is Cn1cnc(C2(C#N)CCC2)c1. The Morgan fingerprint density at radius 1 is 1.67 bits per heavy atom. The van der Waals surface area contributed by atoms with Crippen LogP contribution in [0.1, 0.15) is 25.0 Å². The molecule has 0 spiro atoms. The van der Waals surface area contributed by atoms with Crippen molar-refractivity contribution in [3.63, 3.8) is 0 Å². The zero-order valence-corrected chi connectivity index (χ0v) is 7.12. The fourth-order valence-electron chi connectivity index (χ4n) is 1.62. The smallest absolute Gasteiger partial charge is 0.101 e. The molecule has 1 saturated carbocycles. The number of rotatable bonds is 1. The first kappa shape index (κ1) is 7.35. The number of imidazole rings is 1. The van der Waals surface area contributed by atoms with Crippen LogP contribution in [0.25, 0.3) is 0 Å². The lowest BCUT2D eigenvalue weighted by atomic mass is 9.68. The summed E-state index contributed by atoms with van der Waals surface area (Å²) in [6, 6.07) is 2.37. The highest BCUT2D eigenvalue weighted by atomic mass is 15.0. The Balaban J connectivity index is 2.35. The second-order valence-electron chi connectivity index (χ2n) is 3.47. The van der Waals surface area contributed by atoms with Gasteiger partial charge in [-0.25, -0.2) is 4.98 Å². The Morgan fingerprint density at radius 2 is 2.42 bits per heavy atom. The van der Waals surface area contributed by atoms with Gasteiger partial charge in [-0.05, 0) is 19.3 Å². The Morgan fingerprint density at radius 3 is 2.75 bits per heavy atom. The largest absolute Gasteiger partial charge is 0.340 e. The van der Waals surface area contributed by atoms with Gasteiger partial charge in [-0.3, -0.25) is 0 Å². The molecule has 0 aliphatic heterocycles. The van der Waals surface area contributed by atoms with Crippen molar-refractivity contribution in [3.05, 3.63) is 18.2 Å². The maximum absolute atomic E-state index is 9.00. The number of aryl methyl sites for hydroxylation is 1. The number of aromatic nitrogens is 2. The summed E-state index contributed by atoms with van der Waals surface area (Å²) in [5, 5.41) is 9.00. The van der Waals surface area contributed by atoms with Crippen LogP contribution in [0.4, 0.5) is 0 Å². The number of nitrogens with zero attached hydrogens (tertiary/aromatic N) is 3. The molecule has 0 unspecified atom stereocenters. The molecule has 0 atom stereocenters. The maximum Gasteiger partial charge on any atom is 0.101 e. The third-order valence-electron chi connectivity index (χ3n) is 2.62. The molecule has 2 rings (SSSR count). The van der Waals surface area contributed by atoms with E-state index < -0.39 is 0 Å². The molecule has 0 bridgehead atoms. The highest BCUT2D eigenvalue weighted by Crippen LogP contribution is 2.41. The average molecular weight is 161 g/mol. The predicted octanol–water partition coefficient (Wildman–Crippen LogP) is 1.37. The van der Waals surface area contributed by atoms with Crippen LogP contribution in [0.5, 0.6) is 0 Å². The molecule has 0 radical (unpaired) electrons. The van der Waals surface area contributed by atoms with E-state index in [4.69, 9.17) is 5.26 Å². The van der Waals surface area contributed by atoms with E-state index in [0.717, 1.165) is 25.0 Å². The zero-order valence-electron chi connectivity index (χ0n) is 7.12. The van der Waals surface area contributed by atoms with E-state index in [-0.39, 0.29) is 5.41 Å². The first-order valence-corrected chi connectivity index (χ1v) is 4.16. The monoisotopic (exact) mass is 161 g/mol. The summed E-state index contributed by atoms with van der Waals surface area (Å²) in [4.78, 5) is 4.22. The first-order chi connectivity index (χ1) is 5.77. The van der Waals surface area contributed by atoms with E-state index in [1.165, 1.54) is 0 Å². The molecular formula is C9H11N3. The minimum Gasteiger partial charge on any atom is -0.340 e. The number of nitriles is 1. The molecule has 12 heavy (non-hydrogen) atoms. The first-order valence-electron chi connectivity index (χ1n) is 4.16. The van der Waals surface area contributed by atoms with Crippen molar-refractivity contribution in [1.29, 1.82) is 5.26 Å². The molecule has 1 aliphatic carbocycles. The summed E-state index contributed by atoms with van der Waals surface area (Å²) in [6.45, 7) is 0. The fraction of sp³-hybridized carbons (Fsp3) is 0.556. The third kappa shape index (κ3) is 0.845. The van der Waals surface area contributed by atoms with Crippen LogP contribution < -0.4 is 0 Å². The molecule has 1 heterocycles. The van der Waals surface area contributed by atoms with Gasteiger partial charge in [-0.1, -0.05) is 0 Å². The molecular weight excluding hydrogens is 150 g/mol. The Hall–Kier alpha value is -1.30. The zero-order chi connectivity index (χ0) is 8.60. The number of hydrogen-bond donors (Lipinski definition) is 0. The molecule has 3 heteroatoms. The van der Waals surface area contributed by atoms with Crippen molar-refractivity contribution in [2.45, 2.75) is 24.7 Å². The lowest BCUT2D eigenvalue weighted by Crippen LogP contribution is -2.32. The molecule has 0 aromatic carbocycles. The highest BCUT2D eigenvalue weighted by molar-refractivity contribution is 5.27. The molecule has 1 fully saturated rings. The molecule has 3 nitrogen and oxygen atoms in total. The van der Waals surface area contributed by atoms with Gasteiger partial charge in [0.1, 0.15) is 5.41 Å². The van der Waals surface area contributed by atoms with Crippen molar-refractivity contribution in [2.24, 2.45) is 7.05 Å². The van der Waals surface area contributed by atoms with E-state index in [1.54, 1.807) is 6.33 Å². The minimum absolute atomic E-state index is 0.249. The van der Waals surface area contributed by atoms with Gasteiger partial charge in [0.2, 0.25) is 0 Å².